The van der Waals surface area contributed by atoms with Crippen LogP contribution in [-0.2, 0) is 11.2 Å². The fraction of sp³-hybridized carbons (Fsp3) is 0.600. The minimum atomic E-state index is -0.901. The summed E-state index contributed by atoms with van der Waals surface area (Å²) in [7, 11) is 0. The highest BCUT2D eigenvalue weighted by molar-refractivity contribution is 5.88. The Morgan fingerprint density at radius 3 is 2.95 bits per heavy atom. The number of piperidine rings is 1. The van der Waals surface area contributed by atoms with Gasteiger partial charge in [0.15, 0.2) is 0 Å². The monoisotopic (exact) mass is 278 g/mol. The molecule has 0 amide bonds. The van der Waals surface area contributed by atoms with E-state index in [1.165, 1.54) is 0 Å². The van der Waals surface area contributed by atoms with Crippen molar-refractivity contribution >= 4 is 11.8 Å². The van der Waals surface area contributed by atoms with Gasteiger partial charge in [0.05, 0.1) is 11.7 Å². The second-order valence-electron chi connectivity index (χ2n) is 5.03. The summed E-state index contributed by atoms with van der Waals surface area (Å²) < 4.78 is 5.68. The topological polar surface area (TPSA) is 62.7 Å². The Kier molecular flexibility index (Phi) is 4.95. The number of carboxylic acid groups (broad SMARTS) is 1. The lowest BCUT2D eigenvalue weighted by atomic mass is 10.1. The van der Waals surface area contributed by atoms with Crippen LogP contribution in [0.3, 0.4) is 0 Å². The smallest absolute Gasteiger partial charge is 0.335 e. The molecule has 5 nitrogen and oxygen atoms in total. The predicted molar refractivity (Wildman–Crippen MR) is 77.4 cm³/mol. The van der Waals surface area contributed by atoms with E-state index < -0.39 is 5.97 Å². The molecule has 5 heteroatoms. The van der Waals surface area contributed by atoms with E-state index in [0.717, 1.165) is 43.9 Å². The van der Waals surface area contributed by atoms with Gasteiger partial charge < -0.3 is 14.7 Å². The third kappa shape index (κ3) is 3.48. The van der Waals surface area contributed by atoms with Crippen LogP contribution in [0.25, 0.3) is 0 Å². The van der Waals surface area contributed by atoms with Crippen molar-refractivity contribution in [2.75, 3.05) is 24.6 Å². The van der Waals surface area contributed by atoms with Crippen LogP contribution in [0.2, 0.25) is 0 Å². The maximum atomic E-state index is 11.2. The van der Waals surface area contributed by atoms with E-state index in [1.54, 1.807) is 12.1 Å². The predicted octanol–water partition coefficient (Wildman–Crippen LogP) is 2.35. The van der Waals surface area contributed by atoms with Crippen LogP contribution in [-0.4, -0.2) is 41.9 Å². The summed E-state index contributed by atoms with van der Waals surface area (Å²) in [6.45, 7) is 6.38. The molecule has 1 aromatic rings. The molecular formula is C15H22N2O3. The Morgan fingerprint density at radius 2 is 2.30 bits per heavy atom. The van der Waals surface area contributed by atoms with Gasteiger partial charge in [-0.3, -0.25) is 0 Å². The molecular weight excluding hydrogens is 256 g/mol. The minimum absolute atomic E-state index is 0.217. The van der Waals surface area contributed by atoms with Gasteiger partial charge in [-0.05, 0) is 38.3 Å². The van der Waals surface area contributed by atoms with E-state index in [4.69, 9.17) is 4.74 Å². The van der Waals surface area contributed by atoms with Gasteiger partial charge in [0, 0.05) is 25.4 Å². The average Bonchev–Trinajstić information content (AvgIpc) is 2.47. The summed E-state index contributed by atoms with van der Waals surface area (Å²) in [5, 5.41) is 9.19. The molecule has 1 fully saturated rings. The zero-order chi connectivity index (χ0) is 14.5. The molecule has 2 heterocycles. The van der Waals surface area contributed by atoms with Gasteiger partial charge in [0.25, 0.3) is 0 Å². The first-order valence-electron chi connectivity index (χ1n) is 7.24. The number of pyridine rings is 1. The Hall–Kier alpha value is -1.62. The molecule has 1 unspecified atom stereocenters. The van der Waals surface area contributed by atoms with Gasteiger partial charge in [0.1, 0.15) is 5.82 Å². The number of aryl methyl sites for hydroxylation is 1. The van der Waals surface area contributed by atoms with E-state index in [1.807, 2.05) is 13.8 Å². The average molecular weight is 278 g/mol. The molecule has 1 aliphatic rings. The lowest BCUT2D eigenvalue weighted by Gasteiger charge is -2.33. The van der Waals surface area contributed by atoms with Crippen molar-refractivity contribution in [1.29, 1.82) is 0 Å². The normalized spacial score (nSPS) is 19.1. The molecule has 0 radical (unpaired) electrons. The Labute approximate surface area is 119 Å². The summed E-state index contributed by atoms with van der Waals surface area (Å²) >= 11 is 0. The van der Waals surface area contributed by atoms with Crippen LogP contribution in [0, 0.1) is 0 Å². The molecule has 1 N–H and O–H groups in total. The molecule has 1 aromatic heterocycles. The number of anilines is 1. The number of carbonyl (C=O) groups is 1. The minimum Gasteiger partial charge on any atom is -0.478 e. The summed E-state index contributed by atoms with van der Waals surface area (Å²) in [5.41, 5.74) is 1.13. The zero-order valence-electron chi connectivity index (χ0n) is 12.1. The van der Waals surface area contributed by atoms with Crippen molar-refractivity contribution in [1.82, 2.24) is 4.98 Å². The van der Waals surface area contributed by atoms with E-state index in [9.17, 15) is 9.90 Å². The molecule has 0 bridgehead atoms. The first-order chi connectivity index (χ1) is 9.63. The van der Waals surface area contributed by atoms with Crippen LogP contribution in [0.4, 0.5) is 5.82 Å². The highest BCUT2D eigenvalue weighted by Gasteiger charge is 2.22. The van der Waals surface area contributed by atoms with Gasteiger partial charge >= 0.3 is 5.97 Å². The largest absolute Gasteiger partial charge is 0.478 e. The molecule has 20 heavy (non-hydrogen) atoms. The summed E-state index contributed by atoms with van der Waals surface area (Å²) in [6.07, 6.45) is 3.06. The first-order valence-corrected chi connectivity index (χ1v) is 7.24. The molecule has 2 rings (SSSR count). The van der Waals surface area contributed by atoms with Gasteiger partial charge in [-0.2, -0.15) is 0 Å². The number of rotatable bonds is 5. The van der Waals surface area contributed by atoms with Crippen molar-refractivity contribution in [3.05, 3.63) is 23.4 Å². The quantitative estimate of drug-likeness (QED) is 0.895. The first kappa shape index (κ1) is 14.8. The third-order valence-electron chi connectivity index (χ3n) is 3.58. The molecule has 0 aromatic carbocycles. The lowest BCUT2D eigenvalue weighted by molar-refractivity contribution is 0.0525. The van der Waals surface area contributed by atoms with Crippen LogP contribution in [0.15, 0.2) is 12.1 Å². The van der Waals surface area contributed by atoms with Gasteiger partial charge in [-0.15, -0.1) is 0 Å². The number of aromatic nitrogens is 1. The van der Waals surface area contributed by atoms with Crippen molar-refractivity contribution in [3.63, 3.8) is 0 Å². The molecule has 110 valence electrons. The number of hydrogen-bond donors (Lipinski definition) is 1. The maximum absolute atomic E-state index is 11.2. The SMILES string of the molecule is CCOC1CCCN(c2cc(C(=O)O)cc(CC)n2)C1. The van der Waals surface area contributed by atoms with Gasteiger partial charge in [-0.1, -0.05) is 6.92 Å². The van der Waals surface area contributed by atoms with E-state index in [-0.39, 0.29) is 6.10 Å². The molecule has 0 saturated carbocycles. The van der Waals surface area contributed by atoms with E-state index in [2.05, 4.69) is 9.88 Å². The fourth-order valence-electron chi connectivity index (χ4n) is 2.56. The van der Waals surface area contributed by atoms with Crippen LogP contribution in [0.5, 0.6) is 0 Å². The summed E-state index contributed by atoms with van der Waals surface area (Å²) in [4.78, 5) is 17.9. The second kappa shape index (κ2) is 6.70. The number of ether oxygens (including phenoxy) is 1. The van der Waals surface area contributed by atoms with Gasteiger partial charge in [0.2, 0.25) is 0 Å². The fourth-order valence-corrected chi connectivity index (χ4v) is 2.56. The third-order valence-corrected chi connectivity index (χ3v) is 3.58. The highest BCUT2D eigenvalue weighted by Crippen LogP contribution is 2.21. The van der Waals surface area contributed by atoms with Crippen LogP contribution < -0.4 is 4.90 Å². The number of hydrogen-bond acceptors (Lipinski definition) is 4. The van der Waals surface area contributed by atoms with E-state index >= 15 is 0 Å². The zero-order valence-corrected chi connectivity index (χ0v) is 12.1. The van der Waals surface area contributed by atoms with Crippen molar-refractivity contribution in [2.45, 2.75) is 39.2 Å². The van der Waals surface area contributed by atoms with Gasteiger partial charge in [-0.25, -0.2) is 9.78 Å². The van der Waals surface area contributed by atoms with Crippen molar-refractivity contribution < 1.29 is 14.6 Å². The standard InChI is InChI=1S/C15H22N2O3/c1-3-12-8-11(15(18)19)9-14(16-12)17-7-5-6-13(10-17)20-4-2/h8-9,13H,3-7,10H2,1-2H3,(H,18,19). The molecule has 1 aliphatic heterocycles. The number of aromatic carboxylic acids is 1. The molecule has 0 spiro atoms. The molecule has 1 saturated heterocycles. The summed E-state index contributed by atoms with van der Waals surface area (Å²) in [5.74, 6) is -0.145. The van der Waals surface area contributed by atoms with Crippen molar-refractivity contribution in [3.8, 4) is 0 Å². The molecule has 1 atom stereocenters. The Bertz CT molecular complexity index is 474. The maximum Gasteiger partial charge on any atom is 0.335 e. The second-order valence-corrected chi connectivity index (χ2v) is 5.03. The van der Waals surface area contributed by atoms with Crippen LogP contribution >= 0.6 is 0 Å². The van der Waals surface area contributed by atoms with Crippen molar-refractivity contribution in [2.24, 2.45) is 0 Å². The highest BCUT2D eigenvalue weighted by atomic mass is 16.5. The Morgan fingerprint density at radius 1 is 1.50 bits per heavy atom. The van der Waals surface area contributed by atoms with E-state index in [0.29, 0.717) is 12.2 Å². The Balaban J connectivity index is 2.22. The number of carboxylic acids is 1. The number of nitrogens with zero attached hydrogens (tertiary/aromatic N) is 2. The summed E-state index contributed by atoms with van der Waals surface area (Å²) in [6, 6.07) is 3.31. The van der Waals surface area contributed by atoms with Crippen LogP contribution in [0.1, 0.15) is 42.7 Å². The lowest BCUT2D eigenvalue weighted by Crippen LogP contribution is -2.40. The molecule has 0 aliphatic carbocycles.